The second-order valence-electron chi connectivity index (χ2n) is 6.30. The van der Waals surface area contributed by atoms with E-state index in [4.69, 9.17) is 9.47 Å². The van der Waals surface area contributed by atoms with Gasteiger partial charge in [-0.1, -0.05) is 25.5 Å². The van der Waals surface area contributed by atoms with E-state index < -0.39 is 12.0 Å². The number of rotatable bonds is 7. The molecule has 2 rings (SSSR count). The quantitative estimate of drug-likeness (QED) is 0.586. The summed E-state index contributed by atoms with van der Waals surface area (Å²) >= 11 is 0. The van der Waals surface area contributed by atoms with Crippen LogP contribution >= 0.6 is 0 Å². The molecule has 1 heterocycles. The predicted molar refractivity (Wildman–Crippen MR) is 95.2 cm³/mol. The summed E-state index contributed by atoms with van der Waals surface area (Å²) in [5.74, 6) is 0.331. The van der Waals surface area contributed by atoms with Crippen LogP contribution in [0.4, 0.5) is 4.79 Å². The maximum atomic E-state index is 12.5. The number of ether oxygens (including phenoxy) is 2. The molecule has 2 N–H and O–H groups in total. The molecule has 1 aromatic rings. The fourth-order valence-electron chi connectivity index (χ4n) is 2.58. The number of urea groups is 1. The molecule has 6 nitrogen and oxygen atoms in total. The second-order valence-corrected chi connectivity index (χ2v) is 6.30. The molecule has 6 heteroatoms. The average molecular weight is 346 g/mol. The standard InChI is InChI=1S/C19H26N2O4/c1-5-6-11-24-15-9-7-14(8-10-15)17-16(18(22)25-12(2)3)13(4)20-19(23)21-17/h7-10,12,17H,5-6,11H2,1-4H3,(H2,20,21,23). The Kier molecular flexibility index (Phi) is 6.44. The number of unbranched alkanes of at least 4 members (excludes halogenated alkanes) is 1. The van der Waals surface area contributed by atoms with Crippen molar-refractivity contribution in [3.8, 4) is 5.75 Å². The van der Waals surface area contributed by atoms with Crippen LogP contribution < -0.4 is 15.4 Å². The van der Waals surface area contributed by atoms with Crippen LogP contribution in [-0.2, 0) is 9.53 Å². The Morgan fingerprint density at radius 3 is 2.52 bits per heavy atom. The average Bonchev–Trinajstić information content (AvgIpc) is 2.54. The highest BCUT2D eigenvalue weighted by Crippen LogP contribution is 2.29. The first-order valence-corrected chi connectivity index (χ1v) is 8.64. The minimum atomic E-state index is -0.551. The summed E-state index contributed by atoms with van der Waals surface area (Å²) < 4.78 is 11.0. The third-order valence-electron chi connectivity index (χ3n) is 3.81. The van der Waals surface area contributed by atoms with Gasteiger partial charge < -0.3 is 20.1 Å². The summed E-state index contributed by atoms with van der Waals surface area (Å²) in [5.41, 5.74) is 1.71. The van der Waals surface area contributed by atoms with Crippen LogP contribution in [0.15, 0.2) is 35.5 Å². The summed E-state index contributed by atoms with van der Waals surface area (Å²) in [5, 5.41) is 5.42. The molecule has 0 saturated heterocycles. The molecule has 0 aromatic heterocycles. The Morgan fingerprint density at radius 2 is 1.92 bits per heavy atom. The Labute approximate surface area is 148 Å². The van der Waals surface area contributed by atoms with Gasteiger partial charge in [0.25, 0.3) is 0 Å². The Bertz CT molecular complexity index is 650. The minimum Gasteiger partial charge on any atom is -0.494 e. The summed E-state index contributed by atoms with van der Waals surface area (Å²) in [7, 11) is 0. The van der Waals surface area contributed by atoms with E-state index in [1.807, 2.05) is 24.3 Å². The second kappa shape index (κ2) is 8.55. The first-order chi connectivity index (χ1) is 11.9. The molecule has 0 saturated carbocycles. The molecule has 0 spiro atoms. The number of nitrogens with one attached hydrogen (secondary N) is 2. The lowest BCUT2D eigenvalue weighted by atomic mass is 9.95. The van der Waals surface area contributed by atoms with E-state index in [0.717, 1.165) is 24.2 Å². The molecule has 1 aromatic carbocycles. The van der Waals surface area contributed by atoms with Gasteiger partial charge in [0.15, 0.2) is 0 Å². The highest BCUT2D eigenvalue weighted by molar-refractivity contribution is 5.95. The molecule has 1 aliphatic heterocycles. The van der Waals surface area contributed by atoms with Crippen molar-refractivity contribution in [1.29, 1.82) is 0 Å². The van der Waals surface area contributed by atoms with Gasteiger partial charge in [-0.15, -0.1) is 0 Å². The number of hydrogen-bond donors (Lipinski definition) is 2. The van der Waals surface area contributed by atoms with Gasteiger partial charge in [0.2, 0.25) is 0 Å². The molecule has 0 aliphatic carbocycles. The van der Waals surface area contributed by atoms with Crippen molar-refractivity contribution in [2.45, 2.75) is 52.7 Å². The van der Waals surface area contributed by atoms with Crippen LogP contribution in [0.5, 0.6) is 5.75 Å². The topological polar surface area (TPSA) is 76.7 Å². The van der Waals surface area contributed by atoms with Crippen LogP contribution in [0.3, 0.4) is 0 Å². The van der Waals surface area contributed by atoms with E-state index >= 15 is 0 Å². The zero-order valence-electron chi connectivity index (χ0n) is 15.2. The number of allylic oxidation sites excluding steroid dienone is 1. The molecule has 2 amide bonds. The fraction of sp³-hybridized carbons (Fsp3) is 0.474. The van der Waals surface area contributed by atoms with E-state index in [2.05, 4.69) is 17.6 Å². The molecular formula is C19H26N2O4. The van der Waals surface area contributed by atoms with Crippen molar-refractivity contribution in [2.24, 2.45) is 0 Å². The van der Waals surface area contributed by atoms with E-state index in [9.17, 15) is 9.59 Å². The van der Waals surface area contributed by atoms with Crippen LogP contribution in [0.25, 0.3) is 0 Å². The Morgan fingerprint density at radius 1 is 1.24 bits per heavy atom. The molecule has 25 heavy (non-hydrogen) atoms. The summed E-state index contributed by atoms with van der Waals surface area (Å²) in [6.45, 7) is 8.06. The smallest absolute Gasteiger partial charge is 0.338 e. The van der Waals surface area contributed by atoms with Crippen molar-refractivity contribution < 1.29 is 19.1 Å². The van der Waals surface area contributed by atoms with Crippen LogP contribution in [0, 0.1) is 0 Å². The normalized spacial score (nSPS) is 17.2. The van der Waals surface area contributed by atoms with Gasteiger partial charge in [-0.2, -0.15) is 0 Å². The Balaban J connectivity index is 2.23. The lowest BCUT2D eigenvalue weighted by Crippen LogP contribution is -2.45. The Hall–Kier alpha value is -2.50. The van der Waals surface area contributed by atoms with Crippen LogP contribution in [0.2, 0.25) is 0 Å². The SMILES string of the molecule is CCCCOc1ccc(C2NC(=O)NC(C)=C2C(=O)OC(C)C)cc1. The highest BCUT2D eigenvalue weighted by atomic mass is 16.5. The van der Waals surface area contributed by atoms with Crippen molar-refractivity contribution in [3.05, 3.63) is 41.1 Å². The maximum Gasteiger partial charge on any atom is 0.338 e. The van der Waals surface area contributed by atoms with E-state index in [0.29, 0.717) is 17.9 Å². The molecule has 0 fully saturated rings. The number of carbonyl (C=O) groups is 2. The first-order valence-electron chi connectivity index (χ1n) is 8.64. The molecule has 0 radical (unpaired) electrons. The molecule has 1 atom stereocenters. The van der Waals surface area contributed by atoms with Crippen molar-refractivity contribution in [1.82, 2.24) is 10.6 Å². The van der Waals surface area contributed by atoms with E-state index in [1.165, 1.54) is 0 Å². The van der Waals surface area contributed by atoms with Gasteiger partial charge in [-0.25, -0.2) is 9.59 Å². The first kappa shape index (κ1) is 18.8. The molecule has 1 aliphatic rings. The van der Waals surface area contributed by atoms with Gasteiger partial charge in [0.05, 0.1) is 24.3 Å². The predicted octanol–water partition coefficient (Wildman–Crippen LogP) is 3.45. The zero-order chi connectivity index (χ0) is 18.4. The van der Waals surface area contributed by atoms with Gasteiger partial charge >= 0.3 is 12.0 Å². The summed E-state index contributed by atoms with van der Waals surface area (Å²) in [4.78, 5) is 24.3. The molecule has 1 unspecified atom stereocenters. The van der Waals surface area contributed by atoms with Gasteiger partial charge in [-0.3, -0.25) is 0 Å². The fourth-order valence-corrected chi connectivity index (χ4v) is 2.58. The highest BCUT2D eigenvalue weighted by Gasteiger charge is 2.32. The van der Waals surface area contributed by atoms with E-state index in [-0.39, 0.29) is 12.1 Å². The largest absolute Gasteiger partial charge is 0.494 e. The minimum absolute atomic E-state index is 0.236. The van der Waals surface area contributed by atoms with E-state index in [1.54, 1.807) is 20.8 Å². The van der Waals surface area contributed by atoms with Gasteiger partial charge in [0.1, 0.15) is 5.75 Å². The summed E-state index contributed by atoms with van der Waals surface area (Å²) in [6.07, 6.45) is 1.84. The third kappa shape index (κ3) is 4.98. The van der Waals surface area contributed by atoms with Crippen molar-refractivity contribution >= 4 is 12.0 Å². The summed E-state index contributed by atoms with van der Waals surface area (Å²) in [6, 6.07) is 6.51. The number of amides is 2. The monoisotopic (exact) mass is 346 g/mol. The molecule has 136 valence electrons. The third-order valence-corrected chi connectivity index (χ3v) is 3.81. The molecular weight excluding hydrogens is 320 g/mol. The van der Waals surface area contributed by atoms with Crippen LogP contribution in [0.1, 0.15) is 52.1 Å². The maximum absolute atomic E-state index is 12.5. The lowest BCUT2D eigenvalue weighted by Gasteiger charge is -2.28. The zero-order valence-corrected chi connectivity index (χ0v) is 15.2. The van der Waals surface area contributed by atoms with Crippen LogP contribution in [-0.4, -0.2) is 24.7 Å². The van der Waals surface area contributed by atoms with Gasteiger partial charge in [0, 0.05) is 5.70 Å². The van der Waals surface area contributed by atoms with Gasteiger partial charge in [-0.05, 0) is 44.9 Å². The number of benzene rings is 1. The lowest BCUT2D eigenvalue weighted by molar-refractivity contribution is -0.143. The number of carbonyl (C=O) groups excluding carboxylic acids is 2. The van der Waals surface area contributed by atoms with Crippen molar-refractivity contribution in [3.63, 3.8) is 0 Å². The molecule has 0 bridgehead atoms. The number of hydrogen-bond acceptors (Lipinski definition) is 4. The van der Waals surface area contributed by atoms with Crippen molar-refractivity contribution in [2.75, 3.05) is 6.61 Å². The number of esters is 1.